The van der Waals surface area contributed by atoms with E-state index in [0.29, 0.717) is 6.42 Å². The van der Waals surface area contributed by atoms with Crippen LogP contribution in [0.5, 0.6) is 0 Å². The van der Waals surface area contributed by atoms with Crippen molar-refractivity contribution < 1.29 is 14.3 Å². The van der Waals surface area contributed by atoms with Gasteiger partial charge >= 0.3 is 5.97 Å². The molecule has 3 rings (SSSR count). The summed E-state index contributed by atoms with van der Waals surface area (Å²) < 4.78 is 5.64. The molecule has 0 amide bonds. The van der Waals surface area contributed by atoms with Gasteiger partial charge in [0, 0.05) is 6.42 Å². The quantitative estimate of drug-likeness (QED) is 0.545. The van der Waals surface area contributed by atoms with Gasteiger partial charge in [-0.3, -0.25) is 9.59 Å². The minimum Gasteiger partial charge on any atom is -0.458 e. The highest BCUT2D eigenvalue weighted by atomic mass is 16.6. The zero-order chi connectivity index (χ0) is 14.6. The molecule has 0 aromatic carbocycles. The highest BCUT2D eigenvalue weighted by Gasteiger charge is 2.42. The lowest BCUT2D eigenvalue weighted by Crippen LogP contribution is -2.42. The molecule has 0 radical (unpaired) electrons. The van der Waals surface area contributed by atoms with Crippen LogP contribution in [0.1, 0.15) is 78.1 Å². The third kappa shape index (κ3) is 4.60. The van der Waals surface area contributed by atoms with Crippen molar-refractivity contribution in [1.29, 1.82) is 0 Å². The van der Waals surface area contributed by atoms with Crippen molar-refractivity contribution in [3.63, 3.8) is 0 Å². The van der Waals surface area contributed by atoms with Gasteiger partial charge in [-0.05, 0) is 37.5 Å². The summed E-state index contributed by atoms with van der Waals surface area (Å²) in [6.45, 7) is 4.00. The van der Waals surface area contributed by atoms with Crippen molar-refractivity contribution in [2.24, 2.45) is 11.8 Å². The zero-order valence-electron chi connectivity index (χ0n) is 13.0. The van der Waals surface area contributed by atoms with E-state index in [2.05, 4.69) is 0 Å². The fourth-order valence-corrected chi connectivity index (χ4v) is 3.05. The lowest BCUT2D eigenvalue weighted by atomic mass is 9.83. The van der Waals surface area contributed by atoms with E-state index in [1.54, 1.807) is 0 Å². The molecule has 1 heterocycles. The largest absolute Gasteiger partial charge is 0.458 e. The number of hydrogen-bond donors (Lipinski definition) is 0. The fourth-order valence-electron chi connectivity index (χ4n) is 3.05. The maximum absolute atomic E-state index is 11.7. The average Bonchev–Trinajstić information content (AvgIpc) is 3.29. The topological polar surface area (TPSA) is 43.4 Å². The maximum Gasteiger partial charge on any atom is 0.313 e. The minimum atomic E-state index is -0.433. The molecular weight excluding hydrogens is 252 g/mol. The van der Waals surface area contributed by atoms with Gasteiger partial charge in [-0.2, -0.15) is 0 Å². The Hall–Kier alpha value is -0.860. The molecule has 20 heavy (non-hydrogen) atoms. The number of Topliss-reactive ketones (excluding diaryl/α,β-unsaturated/α-hetero) is 1. The fraction of sp³-hybridized carbons (Fsp3) is 0.882. The summed E-state index contributed by atoms with van der Waals surface area (Å²) >= 11 is 0. The van der Waals surface area contributed by atoms with Crippen LogP contribution in [0.4, 0.5) is 0 Å². The molecular formula is C17H28O3. The van der Waals surface area contributed by atoms with Crippen LogP contribution in [0.15, 0.2) is 0 Å². The van der Waals surface area contributed by atoms with Crippen LogP contribution in [-0.4, -0.2) is 17.4 Å². The Balaban J connectivity index is 0.000000704. The summed E-state index contributed by atoms with van der Waals surface area (Å²) in [5.41, 5.74) is -0.433. The highest BCUT2D eigenvalue weighted by Crippen LogP contribution is 2.43. The van der Waals surface area contributed by atoms with Gasteiger partial charge in [-0.1, -0.05) is 39.5 Å². The smallest absolute Gasteiger partial charge is 0.313 e. The van der Waals surface area contributed by atoms with Crippen LogP contribution in [0.3, 0.4) is 0 Å². The van der Waals surface area contributed by atoms with Gasteiger partial charge in [0.25, 0.3) is 0 Å². The maximum atomic E-state index is 11.7. The number of esters is 1. The molecule has 3 fully saturated rings. The second-order valence-corrected chi connectivity index (χ2v) is 6.51. The van der Waals surface area contributed by atoms with Crippen molar-refractivity contribution in [3.8, 4) is 0 Å². The Kier molecular flexibility index (Phi) is 5.22. The summed E-state index contributed by atoms with van der Waals surface area (Å²) in [5.74, 6) is 1.45. The molecule has 0 unspecified atom stereocenters. The Morgan fingerprint density at radius 3 is 1.90 bits per heavy atom. The number of ether oxygens (including phenoxy) is 1. The van der Waals surface area contributed by atoms with Crippen molar-refractivity contribution in [2.45, 2.75) is 83.7 Å². The monoisotopic (exact) mass is 280 g/mol. The molecule has 1 saturated heterocycles. The van der Waals surface area contributed by atoms with E-state index in [0.717, 1.165) is 37.5 Å². The second-order valence-electron chi connectivity index (χ2n) is 6.51. The molecule has 0 spiro atoms. The normalized spacial score (nSPS) is 24.7. The number of carbonyl (C=O) groups excluding carboxylic acids is 2. The third-order valence-electron chi connectivity index (χ3n) is 4.60. The van der Waals surface area contributed by atoms with Crippen LogP contribution < -0.4 is 0 Å². The Morgan fingerprint density at radius 2 is 1.50 bits per heavy atom. The first-order valence-corrected chi connectivity index (χ1v) is 8.39. The molecule has 0 atom stereocenters. The number of cyclic esters (lactones) is 1. The van der Waals surface area contributed by atoms with E-state index in [-0.39, 0.29) is 18.2 Å². The summed E-state index contributed by atoms with van der Waals surface area (Å²) in [7, 11) is 0. The highest BCUT2D eigenvalue weighted by molar-refractivity contribution is 5.98. The standard InChI is InChI=1S/C15H22O3.C2H6/c16-13-9-14(17)18-15(10-13,7-5-11-1-2-11)8-6-12-3-4-12;1-2/h11-12H,1-10H2;1-2H3. The van der Waals surface area contributed by atoms with Gasteiger partial charge in [-0.25, -0.2) is 0 Å². The summed E-state index contributed by atoms with van der Waals surface area (Å²) in [6, 6.07) is 0. The van der Waals surface area contributed by atoms with Crippen molar-refractivity contribution in [1.82, 2.24) is 0 Å². The molecule has 0 aromatic heterocycles. The van der Waals surface area contributed by atoms with Crippen molar-refractivity contribution >= 4 is 11.8 Å². The first kappa shape index (κ1) is 15.5. The van der Waals surface area contributed by atoms with Crippen LogP contribution in [0.2, 0.25) is 0 Å². The molecule has 2 aliphatic carbocycles. The van der Waals surface area contributed by atoms with Crippen LogP contribution in [0.25, 0.3) is 0 Å². The number of ketones is 1. The van der Waals surface area contributed by atoms with E-state index in [9.17, 15) is 9.59 Å². The van der Waals surface area contributed by atoms with E-state index in [1.165, 1.54) is 25.7 Å². The van der Waals surface area contributed by atoms with Crippen molar-refractivity contribution in [3.05, 3.63) is 0 Å². The first-order valence-electron chi connectivity index (χ1n) is 8.39. The second kappa shape index (κ2) is 6.73. The molecule has 0 N–H and O–H groups in total. The zero-order valence-corrected chi connectivity index (χ0v) is 13.0. The summed E-state index contributed by atoms with van der Waals surface area (Å²) in [6.07, 6.45) is 9.81. The average molecular weight is 280 g/mol. The number of hydrogen-bond acceptors (Lipinski definition) is 3. The SMILES string of the molecule is CC.O=C1CC(=O)OC(CCC2CC2)(CCC2CC2)C1. The minimum absolute atomic E-state index is 0.00535. The predicted octanol–water partition coefficient (Wildman–Crippen LogP) is 4.04. The Morgan fingerprint density at radius 1 is 1.00 bits per heavy atom. The van der Waals surface area contributed by atoms with Gasteiger partial charge in [-0.15, -0.1) is 0 Å². The summed E-state index contributed by atoms with van der Waals surface area (Å²) in [5, 5.41) is 0. The third-order valence-corrected chi connectivity index (χ3v) is 4.60. The van der Waals surface area contributed by atoms with E-state index in [4.69, 9.17) is 4.74 Å². The van der Waals surface area contributed by atoms with Crippen LogP contribution >= 0.6 is 0 Å². The van der Waals surface area contributed by atoms with Gasteiger partial charge in [0.2, 0.25) is 0 Å². The van der Waals surface area contributed by atoms with Crippen molar-refractivity contribution in [2.75, 3.05) is 0 Å². The predicted molar refractivity (Wildman–Crippen MR) is 78.3 cm³/mol. The number of carbonyl (C=O) groups is 2. The molecule has 0 bridgehead atoms. The van der Waals surface area contributed by atoms with Gasteiger partial charge in [0.1, 0.15) is 17.8 Å². The molecule has 114 valence electrons. The Labute approximate surface area is 122 Å². The Bertz CT molecular complexity index is 319. The van der Waals surface area contributed by atoms with Crippen LogP contribution in [0, 0.1) is 11.8 Å². The lowest BCUT2D eigenvalue weighted by Gasteiger charge is -2.36. The van der Waals surface area contributed by atoms with Gasteiger partial charge < -0.3 is 4.74 Å². The first-order chi connectivity index (χ1) is 9.65. The molecule has 3 aliphatic rings. The lowest BCUT2D eigenvalue weighted by molar-refractivity contribution is -0.172. The summed E-state index contributed by atoms with van der Waals surface area (Å²) in [4.78, 5) is 23.3. The van der Waals surface area contributed by atoms with E-state index in [1.807, 2.05) is 13.8 Å². The number of rotatable bonds is 6. The molecule has 1 aliphatic heterocycles. The molecule has 2 saturated carbocycles. The molecule has 0 aromatic rings. The van der Waals surface area contributed by atoms with Gasteiger partial charge in [0.15, 0.2) is 0 Å². The van der Waals surface area contributed by atoms with E-state index >= 15 is 0 Å². The van der Waals surface area contributed by atoms with Gasteiger partial charge in [0.05, 0.1) is 0 Å². The molecule has 3 heteroatoms. The van der Waals surface area contributed by atoms with Crippen LogP contribution in [-0.2, 0) is 14.3 Å². The van der Waals surface area contributed by atoms with E-state index < -0.39 is 5.60 Å². The molecule has 3 nitrogen and oxygen atoms in total.